The first kappa shape index (κ1) is 8.48. The molecule has 0 radical (unpaired) electrons. The molecule has 2 atom stereocenters. The maximum Gasteiger partial charge on any atom is 0.0755 e. The van der Waals surface area contributed by atoms with E-state index in [-0.39, 0.29) is 0 Å². The number of nitrogens with one attached hydrogen (secondary N) is 1. The summed E-state index contributed by atoms with van der Waals surface area (Å²) in [6.07, 6.45) is 3.87. The van der Waals surface area contributed by atoms with Crippen LogP contribution in [-0.4, -0.2) is 31.8 Å². The molecule has 2 rings (SSSR count). The van der Waals surface area contributed by atoms with Crippen molar-refractivity contribution in [3.05, 3.63) is 0 Å². The molecule has 3 heteroatoms. The van der Waals surface area contributed by atoms with E-state index >= 15 is 0 Å². The van der Waals surface area contributed by atoms with Crippen molar-refractivity contribution in [1.29, 1.82) is 0 Å². The van der Waals surface area contributed by atoms with E-state index in [4.69, 9.17) is 10.5 Å². The Morgan fingerprint density at radius 3 is 2.50 bits per heavy atom. The Bertz CT molecular complexity index is 145. The lowest BCUT2D eigenvalue weighted by Crippen LogP contribution is -2.41. The molecule has 2 aliphatic rings. The van der Waals surface area contributed by atoms with Crippen molar-refractivity contribution in [3.8, 4) is 0 Å². The molecule has 0 aromatic carbocycles. The number of hydrogen-bond acceptors (Lipinski definition) is 3. The van der Waals surface area contributed by atoms with Gasteiger partial charge >= 0.3 is 0 Å². The summed E-state index contributed by atoms with van der Waals surface area (Å²) in [4.78, 5) is 0. The van der Waals surface area contributed by atoms with E-state index in [9.17, 15) is 0 Å². The number of ether oxygens (including phenoxy) is 1. The molecule has 0 bridgehead atoms. The fourth-order valence-electron chi connectivity index (χ4n) is 2.29. The van der Waals surface area contributed by atoms with Crippen molar-refractivity contribution in [2.45, 2.75) is 31.4 Å². The molecule has 0 amide bonds. The molecule has 2 fully saturated rings. The van der Waals surface area contributed by atoms with Gasteiger partial charge in [-0.1, -0.05) is 0 Å². The Morgan fingerprint density at radius 1 is 1.17 bits per heavy atom. The van der Waals surface area contributed by atoms with Crippen molar-refractivity contribution in [1.82, 2.24) is 5.32 Å². The lowest BCUT2D eigenvalue weighted by atomic mass is 9.89. The summed E-state index contributed by atoms with van der Waals surface area (Å²) in [6.45, 7) is 3.14. The highest BCUT2D eigenvalue weighted by atomic mass is 16.5. The number of nitrogens with two attached hydrogens (primary N) is 1. The van der Waals surface area contributed by atoms with Crippen molar-refractivity contribution in [2.75, 3.05) is 19.7 Å². The van der Waals surface area contributed by atoms with Crippen LogP contribution in [0.25, 0.3) is 0 Å². The summed E-state index contributed by atoms with van der Waals surface area (Å²) in [7, 11) is 0. The third kappa shape index (κ3) is 1.63. The second kappa shape index (κ2) is 3.73. The molecule has 70 valence electrons. The van der Waals surface area contributed by atoms with Crippen LogP contribution in [-0.2, 0) is 4.74 Å². The van der Waals surface area contributed by atoms with Gasteiger partial charge in [-0.2, -0.15) is 0 Å². The highest BCUT2D eigenvalue weighted by Gasteiger charge is 2.32. The van der Waals surface area contributed by atoms with Gasteiger partial charge in [0.25, 0.3) is 0 Å². The van der Waals surface area contributed by atoms with Crippen molar-refractivity contribution in [2.24, 2.45) is 11.7 Å². The topological polar surface area (TPSA) is 47.3 Å². The molecule has 0 spiro atoms. The van der Waals surface area contributed by atoms with E-state index in [1.165, 1.54) is 12.8 Å². The van der Waals surface area contributed by atoms with Crippen LogP contribution >= 0.6 is 0 Å². The molecule has 2 aliphatic heterocycles. The van der Waals surface area contributed by atoms with Gasteiger partial charge in [-0.15, -0.1) is 0 Å². The maximum atomic E-state index is 5.96. The molecule has 0 aromatic rings. The fourth-order valence-corrected chi connectivity index (χ4v) is 2.29. The first-order valence-corrected chi connectivity index (χ1v) is 4.96. The maximum absolute atomic E-state index is 5.96. The summed E-state index contributed by atoms with van der Waals surface area (Å²) in [6, 6.07) is 0.299. The van der Waals surface area contributed by atoms with E-state index in [0.29, 0.717) is 18.1 Å². The minimum absolute atomic E-state index is 0.299. The normalized spacial score (nSPS) is 38.8. The van der Waals surface area contributed by atoms with Crippen LogP contribution in [0.1, 0.15) is 19.3 Å². The Kier molecular flexibility index (Phi) is 2.63. The highest BCUT2D eigenvalue weighted by Crippen LogP contribution is 2.25. The van der Waals surface area contributed by atoms with Gasteiger partial charge in [-0.25, -0.2) is 0 Å². The van der Waals surface area contributed by atoms with Crippen molar-refractivity contribution >= 4 is 0 Å². The second-order valence-corrected chi connectivity index (χ2v) is 3.88. The zero-order valence-corrected chi connectivity index (χ0v) is 7.46. The third-order valence-electron chi connectivity index (χ3n) is 3.03. The summed E-state index contributed by atoms with van der Waals surface area (Å²) < 4.78 is 5.65. The van der Waals surface area contributed by atoms with E-state index < -0.39 is 0 Å². The Hall–Kier alpha value is -0.120. The lowest BCUT2D eigenvalue weighted by molar-refractivity contribution is 0.0437. The summed E-state index contributed by atoms with van der Waals surface area (Å²) in [5.41, 5.74) is 5.96. The number of piperidine rings is 1. The Morgan fingerprint density at radius 2 is 1.92 bits per heavy atom. The van der Waals surface area contributed by atoms with Crippen molar-refractivity contribution < 1.29 is 4.74 Å². The molecule has 0 aromatic heterocycles. The van der Waals surface area contributed by atoms with Gasteiger partial charge in [-0.3, -0.25) is 0 Å². The summed E-state index contributed by atoms with van der Waals surface area (Å²) in [5, 5.41) is 3.36. The zero-order chi connectivity index (χ0) is 8.39. The van der Waals surface area contributed by atoms with Crippen LogP contribution in [0.15, 0.2) is 0 Å². The highest BCUT2D eigenvalue weighted by molar-refractivity contribution is 4.87. The summed E-state index contributed by atoms with van der Waals surface area (Å²) in [5.74, 6) is 0.712. The number of hydrogen-bond donors (Lipinski definition) is 2. The molecule has 2 saturated heterocycles. The SMILES string of the molecule is N[C@@H]1CCO[C@H]1C1CCNCC1. The predicted molar refractivity (Wildman–Crippen MR) is 47.9 cm³/mol. The van der Waals surface area contributed by atoms with Crippen LogP contribution in [0.4, 0.5) is 0 Å². The van der Waals surface area contributed by atoms with Crippen LogP contribution in [0.5, 0.6) is 0 Å². The first-order chi connectivity index (χ1) is 5.88. The molecule has 0 saturated carbocycles. The molecule has 12 heavy (non-hydrogen) atoms. The van der Waals surface area contributed by atoms with Crippen LogP contribution < -0.4 is 11.1 Å². The van der Waals surface area contributed by atoms with E-state index in [1.807, 2.05) is 0 Å². The quantitative estimate of drug-likeness (QED) is 0.587. The smallest absolute Gasteiger partial charge is 0.0755 e. The predicted octanol–water partition coefficient (Wildman–Crippen LogP) is 0.102. The van der Waals surface area contributed by atoms with Gasteiger partial charge < -0.3 is 15.8 Å². The molecule has 0 unspecified atom stereocenters. The lowest BCUT2D eigenvalue weighted by Gasteiger charge is -2.29. The molecular weight excluding hydrogens is 152 g/mol. The van der Waals surface area contributed by atoms with Gasteiger partial charge in [0.15, 0.2) is 0 Å². The average molecular weight is 170 g/mol. The first-order valence-electron chi connectivity index (χ1n) is 4.96. The third-order valence-corrected chi connectivity index (χ3v) is 3.03. The van der Waals surface area contributed by atoms with Gasteiger partial charge in [0.05, 0.1) is 6.10 Å². The number of rotatable bonds is 1. The van der Waals surface area contributed by atoms with E-state index in [0.717, 1.165) is 26.1 Å². The summed E-state index contributed by atoms with van der Waals surface area (Å²) >= 11 is 0. The van der Waals surface area contributed by atoms with Gasteiger partial charge in [0.2, 0.25) is 0 Å². The molecule has 3 nitrogen and oxygen atoms in total. The molecule has 2 heterocycles. The average Bonchev–Trinajstić information content (AvgIpc) is 2.53. The van der Waals surface area contributed by atoms with E-state index in [1.54, 1.807) is 0 Å². The standard InChI is InChI=1S/C9H18N2O/c10-8-3-6-12-9(8)7-1-4-11-5-2-7/h7-9,11H,1-6,10H2/t8-,9+/m1/s1. The minimum Gasteiger partial charge on any atom is -0.376 e. The van der Waals surface area contributed by atoms with Gasteiger partial charge in [-0.05, 0) is 38.3 Å². The molecular formula is C9H18N2O. The Balaban J connectivity index is 1.89. The van der Waals surface area contributed by atoms with Crippen LogP contribution in [0.2, 0.25) is 0 Å². The van der Waals surface area contributed by atoms with Crippen LogP contribution in [0.3, 0.4) is 0 Å². The molecule has 3 N–H and O–H groups in total. The van der Waals surface area contributed by atoms with Gasteiger partial charge in [0, 0.05) is 12.6 Å². The zero-order valence-electron chi connectivity index (χ0n) is 7.46. The molecule has 0 aliphatic carbocycles. The minimum atomic E-state index is 0.299. The van der Waals surface area contributed by atoms with Crippen molar-refractivity contribution in [3.63, 3.8) is 0 Å². The van der Waals surface area contributed by atoms with E-state index in [2.05, 4.69) is 5.32 Å². The van der Waals surface area contributed by atoms with Crippen LogP contribution in [0, 0.1) is 5.92 Å². The Labute approximate surface area is 73.7 Å². The monoisotopic (exact) mass is 170 g/mol. The second-order valence-electron chi connectivity index (χ2n) is 3.88. The largest absolute Gasteiger partial charge is 0.376 e. The fraction of sp³-hybridized carbons (Fsp3) is 1.00. The van der Waals surface area contributed by atoms with Gasteiger partial charge in [0.1, 0.15) is 0 Å².